The number of benzene rings is 1. The van der Waals surface area contributed by atoms with Gasteiger partial charge in [-0.15, -0.1) is 0 Å². The predicted molar refractivity (Wildman–Crippen MR) is 68.2 cm³/mol. The van der Waals surface area contributed by atoms with E-state index in [0.29, 0.717) is 0 Å². The fourth-order valence-corrected chi connectivity index (χ4v) is 1.64. The molecule has 0 radical (unpaired) electrons. The van der Waals surface area contributed by atoms with E-state index in [9.17, 15) is 9.90 Å². The third kappa shape index (κ3) is 3.34. The molecular weight excluding hydrogens is 216 g/mol. The highest BCUT2D eigenvalue weighted by Crippen LogP contribution is 2.34. The quantitative estimate of drug-likeness (QED) is 0.773. The van der Waals surface area contributed by atoms with Crippen molar-refractivity contribution in [2.75, 3.05) is 0 Å². The molecule has 0 aliphatic heterocycles. The molecule has 0 aromatic heterocycles. The Hall–Kier alpha value is -1.77. The molecule has 1 aromatic carbocycles. The maximum atomic E-state index is 10.5. The summed E-state index contributed by atoms with van der Waals surface area (Å²) in [4.78, 5) is 10.5. The van der Waals surface area contributed by atoms with Crippen LogP contribution in [0, 0.1) is 6.92 Å². The Morgan fingerprint density at radius 1 is 1.29 bits per heavy atom. The molecule has 2 N–H and O–H groups in total. The summed E-state index contributed by atoms with van der Waals surface area (Å²) in [7, 11) is 0. The maximum Gasteiger partial charge on any atom is 0.328 e. The normalized spacial score (nSPS) is 12.0. The van der Waals surface area contributed by atoms with Crippen molar-refractivity contribution in [2.45, 2.75) is 33.1 Å². The molecule has 1 rings (SSSR count). The van der Waals surface area contributed by atoms with Crippen LogP contribution >= 0.6 is 0 Å². The lowest BCUT2D eigenvalue weighted by Gasteiger charge is -2.22. The lowest BCUT2D eigenvalue weighted by molar-refractivity contribution is -0.131. The van der Waals surface area contributed by atoms with Crippen molar-refractivity contribution in [3.8, 4) is 5.75 Å². The summed E-state index contributed by atoms with van der Waals surface area (Å²) >= 11 is 0. The number of hydrogen-bond acceptors (Lipinski definition) is 2. The number of carbonyl (C=O) groups is 1. The van der Waals surface area contributed by atoms with Crippen molar-refractivity contribution in [3.63, 3.8) is 0 Å². The van der Waals surface area contributed by atoms with Gasteiger partial charge in [0.1, 0.15) is 5.75 Å². The van der Waals surface area contributed by atoms with E-state index in [4.69, 9.17) is 5.11 Å². The molecule has 3 nitrogen and oxygen atoms in total. The third-order valence-electron chi connectivity index (χ3n) is 2.55. The molecule has 17 heavy (non-hydrogen) atoms. The minimum Gasteiger partial charge on any atom is -0.507 e. The van der Waals surface area contributed by atoms with Gasteiger partial charge in [0, 0.05) is 11.6 Å². The Kier molecular flexibility index (Phi) is 3.61. The van der Waals surface area contributed by atoms with E-state index >= 15 is 0 Å². The molecule has 0 spiro atoms. The second-order valence-corrected chi connectivity index (χ2v) is 5.16. The van der Waals surface area contributed by atoms with Crippen molar-refractivity contribution in [1.82, 2.24) is 0 Å². The van der Waals surface area contributed by atoms with Crippen LogP contribution in [0.1, 0.15) is 37.5 Å². The maximum absolute atomic E-state index is 10.5. The van der Waals surface area contributed by atoms with Crippen molar-refractivity contribution < 1.29 is 15.0 Å². The van der Waals surface area contributed by atoms with E-state index in [1.54, 1.807) is 6.07 Å². The minimum atomic E-state index is -0.979. The van der Waals surface area contributed by atoms with Gasteiger partial charge < -0.3 is 10.2 Å². The van der Waals surface area contributed by atoms with Crippen molar-refractivity contribution in [2.24, 2.45) is 0 Å². The van der Waals surface area contributed by atoms with Crippen molar-refractivity contribution in [3.05, 3.63) is 34.9 Å². The first kappa shape index (κ1) is 13.3. The highest BCUT2D eigenvalue weighted by Gasteiger charge is 2.19. The molecule has 0 aliphatic carbocycles. The molecule has 3 heteroatoms. The first-order valence-electron chi connectivity index (χ1n) is 5.47. The van der Waals surface area contributed by atoms with Gasteiger partial charge in [0.2, 0.25) is 0 Å². The van der Waals surface area contributed by atoms with E-state index in [0.717, 1.165) is 22.8 Å². The fourth-order valence-electron chi connectivity index (χ4n) is 1.64. The van der Waals surface area contributed by atoms with Crippen LogP contribution in [-0.4, -0.2) is 16.2 Å². The van der Waals surface area contributed by atoms with E-state index in [1.165, 1.54) is 6.08 Å². The highest BCUT2D eigenvalue weighted by molar-refractivity contribution is 5.85. The number of hydrogen-bond donors (Lipinski definition) is 2. The smallest absolute Gasteiger partial charge is 0.328 e. The Morgan fingerprint density at radius 2 is 1.88 bits per heavy atom. The second kappa shape index (κ2) is 4.62. The van der Waals surface area contributed by atoms with Crippen LogP contribution in [0.3, 0.4) is 0 Å². The lowest BCUT2D eigenvalue weighted by atomic mass is 9.84. The number of phenols is 1. The van der Waals surface area contributed by atoms with E-state index in [-0.39, 0.29) is 11.2 Å². The number of carboxylic acid groups (broad SMARTS) is 1. The number of phenolic OH excluding ortho intramolecular Hbond substituents is 1. The van der Waals surface area contributed by atoms with E-state index < -0.39 is 5.97 Å². The van der Waals surface area contributed by atoms with Gasteiger partial charge in [-0.2, -0.15) is 0 Å². The number of aromatic hydroxyl groups is 1. The molecule has 0 aliphatic rings. The zero-order chi connectivity index (χ0) is 13.2. The molecule has 92 valence electrons. The molecule has 1 aromatic rings. The number of aliphatic carboxylic acids is 1. The summed E-state index contributed by atoms with van der Waals surface area (Å²) in [5.74, 6) is -0.696. The zero-order valence-electron chi connectivity index (χ0n) is 10.6. The minimum absolute atomic E-state index is 0.179. The van der Waals surface area contributed by atoms with E-state index in [2.05, 4.69) is 0 Å². The van der Waals surface area contributed by atoms with Crippen molar-refractivity contribution >= 4 is 12.0 Å². The summed E-state index contributed by atoms with van der Waals surface area (Å²) in [5, 5.41) is 18.6. The topological polar surface area (TPSA) is 57.5 Å². The van der Waals surface area contributed by atoms with Crippen LogP contribution in [0.25, 0.3) is 6.08 Å². The molecule has 0 bridgehead atoms. The molecule has 0 saturated heterocycles. The summed E-state index contributed by atoms with van der Waals surface area (Å²) < 4.78 is 0. The van der Waals surface area contributed by atoms with Crippen LogP contribution in [0.2, 0.25) is 0 Å². The molecule has 0 fully saturated rings. The first-order chi connectivity index (χ1) is 7.71. The third-order valence-corrected chi connectivity index (χ3v) is 2.55. The second-order valence-electron chi connectivity index (χ2n) is 5.16. The summed E-state index contributed by atoms with van der Waals surface area (Å²) in [6.45, 7) is 7.83. The number of rotatable bonds is 2. The molecule has 0 heterocycles. The van der Waals surface area contributed by atoms with Crippen LogP contribution in [0.4, 0.5) is 0 Å². The van der Waals surface area contributed by atoms with Crippen LogP contribution < -0.4 is 0 Å². The Bertz CT molecular complexity index is 465. The predicted octanol–water partition coefficient (Wildman–Crippen LogP) is 3.10. The average molecular weight is 234 g/mol. The van der Waals surface area contributed by atoms with E-state index in [1.807, 2.05) is 33.8 Å². The molecular formula is C14H18O3. The van der Waals surface area contributed by atoms with Crippen LogP contribution in [-0.2, 0) is 10.2 Å². The number of aryl methyl sites for hydroxylation is 1. The monoisotopic (exact) mass is 234 g/mol. The standard InChI is InChI=1S/C14H18O3/c1-9-7-10(5-6-12(15)16)8-11(13(9)17)14(2,3)4/h5-8,17H,1-4H3,(H,15,16)/b6-5-. The van der Waals surface area contributed by atoms with Gasteiger partial charge in [-0.1, -0.05) is 20.8 Å². The van der Waals surface area contributed by atoms with Gasteiger partial charge in [-0.25, -0.2) is 4.79 Å². The van der Waals surface area contributed by atoms with Crippen LogP contribution in [0.15, 0.2) is 18.2 Å². The number of carboxylic acids is 1. The SMILES string of the molecule is Cc1cc(/C=C\C(=O)O)cc(C(C)(C)C)c1O. The van der Waals surface area contributed by atoms with Gasteiger partial charge >= 0.3 is 5.97 Å². The summed E-state index contributed by atoms with van der Waals surface area (Å²) in [6, 6.07) is 3.59. The lowest BCUT2D eigenvalue weighted by Crippen LogP contribution is -2.12. The molecule has 0 amide bonds. The molecule has 0 unspecified atom stereocenters. The first-order valence-corrected chi connectivity index (χ1v) is 5.47. The van der Waals surface area contributed by atoms with Gasteiger partial charge in [0.05, 0.1) is 0 Å². The Balaban J connectivity index is 3.29. The summed E-state index contributed by atoms with van der Waals surface area (Å²) in [6.07, 6.45) is 2.63. The fraction of sp³-hybridized carbons (Fsp3) is 0.357. The Labute approximate surface area is 101 Å². The van der Waals surface area contributed by atoms with Crippen molar-refractivity contribution in [1.29, 1.82) is 0 Å². The summed E-state index contributed by atoms with van der Waals surface area (Å²) in [5.41, 5.74) is 2.18. The van der Waals surface area contributed by atoms with Gasteiger partial charge in [0.15, 0.2) is 0 Å². The Morgan fingerprint density at radius 3 is 2.35 bits per heavy atom. The van der Waals surface area contributed by atoms with Gasteiger partial charge in [-0.3, -0.25) is 0 Å². The largest absolute Gasteiger partial charge is 0.507 e. The zero-order valence-corrected chi connectivity index (χ0v) is 10.6. The molecule has 0 atom stereocenters. The van der Waals surface area contributed by atoms with Crippen LogP contribution in [0.5, 0.6) is 5.75 Å². The van der Waals surface area contributed by atoms with Gasteiger partial charge in [-0.05, 0) is 41.7 Å². The average Bonchev–Trinajstić information content (AvgIpc) is 2.17. The molecule has 0 saturated carbocycles. The van der Waals surface area contributed by atoms with Gasteiger partial charge in [0.25, 0.3) is 0 Å². The highest BCUT2D eigenvalue weighted by atomic mass is 16.4.